The molecule has 2 nitrogen and oxygen atoms in total. The van der Waals surface area contributed by atoms with Gasteiger partial charge < -0.3 is 5.32 Å². The van der Waals surface area contributed by atoms with Gasteiger partial charge in [0.2, 0.25) is 0 Å². The van der Waals surface area contributed by atoms with Crippen LogP contribution in [0.25, 0.3) is 5.57 Å². The highest BCUT2D eigenvalue weighted by molar-refractivity contribution is 5.67. The number of aromatic nitrogens is 1. The van der Waals surface area contributed by atoms with Gasteiger partial charge in [0, 0.05) is 30.5 Å². The van der Waals surface area contributed by atoms with Crippen molar-refractivity contribution in [3.05, 3.63) is 35.7 Å². The van der Waals surface area contributed by atoms with Gasteiger partial charge in [-0.3, -0.25) is 4.98 Å². The van der Waals surface area contributed by atoms with Crippen molar-refractivity contribution in [1.82, 2.24) is 10.3 Å². The predicted molar refractivity (Wildman–Crippen MR) is 64.7 cm³/mol. The van der Waals surface area contributed by atoms with Gasteiger partial charge in [0.05, 0.1) is 0 Å². The number of nitrogens with zero attached hydrogens (tertiary/aromatic N) is 1. The lowest BCUT2D eigenvalue weighted by molar-refractivity contribution is 0.231. The molecule has 16 heavy (non-hydrogen) atoms. The first-order valence-electron chi connectivity index (χ1n) is 5.71. The van der Waals surface area contributed by atoms with Crippen LogP contribution in [-0.2, 0) is 0 Å². The Morgan fingerprint density at radius 1 is 1.44 bits per heavy atom. The molecule has 1 aliphatic heterocycles. The summed E-state index contributed by atoms with van der Waals surface area (Å²) in [5.74, 6) is 3.49. The summed E-state index contributed by atoms with van der Waals surface area (Å²) in [7, 11) is 0. The molecule has 2 heterocycles. The van der Waals surface area contributed by atoms with Crippen molar-refractivity contribution in [2.24, 2.45) is 5.92 Å². The Kier molecular flexibility index (Phi) is 2.27. The molecule has 2 atom stereocenters. The smallest absolute Gasteiger partial charge is 0.0432 e. The van der Waals surface area contributed by atoms with Crippen LogP contribution in [0.3, 0.4) is 0 Å². The van der Waals surface area contributed by atoms with Crippen LogP contribution in [0.1, 0.15) is 24.0 Å². The summed E-state index contributed by atoms with van der Waals surface area (Å²) < 4.78 is 0. The number of allylic oxidation sites excluding steroid dienone is 1. The summed E-state index contributed by atoms with van der Waals surface area (Å²) in [5, 5.41) is 3.47. The zero-order chi connectivity index (χ0) is 11.0. The van der Waals surface area contributed by atoms with Crippen LogP contribution in [0.5, 0.6) is 0 Å². The predicted octanol–water partition coefficient (Wildman–Crippen LogP) is 1.83. The van der Waals surface area contributed by atoms with E-state index in [1.54, 1.807) is 6.20 Å². The summed E-state index contributed by atoms with van der Waals surface area (Å²) in [4.78, 5) is 4.19. The Balaban J connectivity index is 1.89. The van der Waals surface area contributed by atoms with Crippen LogP contribution < -0.4 is 5.32 Å². The summed E-state index contributed by atoms with van der Waals surface area (Å²) >= 11 is 0. The van der Waals surface area contributed by atoms with Crippen molar-refractivity contribution in [3.63, 3.8) is 0 Å². The minimum Gasteiger partial charge on any atom is -0.313 e. The first-order valence-corrected chi connectivity index (χ1v) is 5.71. The molecule has 1 saturated heterocycles. The molecule has 0 saturated carbocycles. The molecule has 0 bridgehead atoms. The van der Waals surface area contributed by atoms with E-state index in [0.29, 0.717) is 6.04 Å². The van der Waals surface area contributed by atoms with E-state index in [4.69, 9.17) is 6.42 Å². The molecule has 0 amide bonds. The highest BCUT2D eigenvalue weighted by Gasteiger charge is 2.32. The van der Waals surface area contributed by atoms with Crippen molar-refractivity contribution in [2.75, 3.05) is 6.54 Å². The molecule has 3 rings (SSSR count). The summed E-state index contributed by atoms with van der Waals surface area (Å²) in [6, 6.07) is 2.73. The van der Waals surface area contributed by atoms with Crippen LogP contribution in [0.15, 0.2) is 24.5 Å². The molecule has 80 valence electrons. The third-order valence-corrected chi connectivity index (χ3v) is 3.59. The molecular formula is C14H14N2. The highest BCUT2D eigenvalue weighted by atomic mass is 15.0. The van der Waals surface area contributed by atoms with Gasteiger partial charge in [-0.15, -0.1) is 6.42 Å². The van der Waals surface area contributed by atoms with Gasteiger partial charge >= 0.3 is 0 Å². The van der Waals surface area contributed by atoms with E-state index >= 15 is 0 Å². The second-order valence-corrected chi connectivity index (χ2v) is 4.55. The molecule has 1 fully saturated rings. The molecule has 0 radical (unpaired) electrons. The van der Waals surface area contributed by atoms with Gasteiger partial charge in [-0.2, -0.15) is 0 Å². The molecule has 2 aliphatic rings. The first-order chi connectivity index (χ1) is 7.86. The standard InChI is InChI=1S/C14H14N2/c1-2-10-5-13(8-15-7-10)11-3-4-12-9-16-14(12)6-11/h1,3,5,7-8,12,14,16H,4,6,9H2/t12-,14-/m0/s1. The van der Waals surface area contributed by atoms with E-state index < -0.39 is 0 Å². The number of pyridine rings is 1. The number of hydrogen-bond donors (Lipinski definition) is 1. The van der Waals surface area contributed by atoms with Crippen molar-refractivity contribution in [3.8, 4) is 12.3 Å². The first kappa shape index (κ1) is 9.62. The maximum atomic E-state index is 5.39. The Hall–Kier alpha value is -1.59. The molecule has 1 N–H and O–H groups in total. The third-order valence-electron chi connectivity index (χ3n) is 3.59. The lowest BCUT2D eigenvalue weighted by atomic mass is 9.78. The highest BCUT2D eigenvalue weighted by Crippen LogP contribution is 2.34. The number of nitrogens with one attached hydrogen (secondary N) is 1. The Morgan fingerprint density at radius 3 is 3.06 bits per heavy atom. The van der Waals surface area contributed by atoms with Crippen LogP contribution in [-0.4, -0.2) is 17.6 Å². The van der Waals surface area contributed by atoms with E-state index in [-0.39, 0.29) is 0 Å². The molecule has 1 aromatic rings. The Bertz CT molecular complexity index is 482. The summed E-state index contributed by atoms with van der Waals surface area (Å²) in [6.45, 7) is 1.18. The second kappa shape index (κ2) is 3.77. The van der Waals surface area contributed by atoms with E-state index in [9.17, 15) is 0 Å². The monoisotopic (exact) mass is 210 g/mol. The second-order valence-electron chi connectivity index (χ2n) is 4.55. The zero-order valence-electron chi connectivity index (χ0n) is 9.11. The molecule has 1 aromatic heterocycles. The molecule has 0 spiro atoms. The molecular weight excluding hydrogens is 196 g/mol. The van der Waals surface area contributed by atoms with Crippen LogP contribution in [0.4, 0.5) is 0 Å². The van der Waals surface area contributed by atoms with Crippen molar-refractivity contribution >= 4 is 5.57 Å². The Labute approximate surface area is 95.8 Å². The number of hydrogen-bond acceptors (Lipinski definition) is 2. The van der Waals surface area contributed by atoms with Crippen LogP contribution in [0, 0.1) is 18.3 Å². The van der Waals surface area contributed by atoms with Crippen LogP contribution >= 0.6 is 0 Å². The Morgan fingerprint density at radius 2 is 2.38 bits per heavy atom. The fourth-order valence-corrected chi connectivity index (χ4v) is 2.48. The van der Waals surface area contributed by atoms with Gasteiger partial charge in [0.25, 0.3) is 0 Å². The quantitative estimate of drug-likeness (QED) is 0.715. The van der Waals surface area contributed by atoms with E-state index in [1.807, 2.05) is 6.20 Å². The SMILES string of the molecule is C#Cc1cncc(C2=CC[C@H]3CN[C@H]3C2)c1. The van der Waals surface area contributed by atoms with E-state index in [2.05, 4.69) is 28.4 Å². The molecule has 1 aliphatic carbocycles. The van der Waals surface area contributed by atoms with Gasteiger partial charge in [0.15, 0.2) is 0 Å². The van der Waals surface area contributed by atoms with Crippen molar-refractivity contribution < 1.29 is 0 Å². The number of fused-ring (bicyclic) bond motifs is 1. The number of terminal acetylenes is 1. The van der Waals surface area contributed by atoms with Crippen molar-refractivity contribution in [1.29, 1.82) is 0 Å². The normalized spacial score (nSPS) is 27.3. The average Bonchev–Trinajstić information content (AvgIpc) is 2.31. The van der Waals surface area contributed by atoms with Crippen molar-refractivity contribution in [2.45, 2.75) is 18.9 Å². The minimum absolute atomic E-state index is 0.675. The fourth-order valence-electron chi connectivity index (χ4n) is 2.48. The maximum absolute atomic E-state index is 5.39. The number of rotatable bonds is 1. The average molecular weight is 210 g/mol. The van der Waals surface area contributed by atoms with Gasteiger partial charge in [-0.1, -0.05) is 12.0 Å². The van der Waals surface area contributed by atoms with E-state index in [0.717, 1.165) is 17.9 Å². The van der Waals surface area contributed by atoms with Gasteiger partial charge in [-0.05, 0) is 36.0 Å². The maximum Gasteiger partial charge on any atom is 0.0432 e. The lowest BCUT2D eigenvalue weighted by Gasteiger charge is -2.41. The molecule has 0 aromatic carbocycles. The third kappa shape index (κ3) is 1.54. The summed E-state index contributed by atoms with van der Waals surface area (Å²) in [6.07, 6.45) is 13.7. The topological polar surface area (TPSA) is 24.9 Å². The molecule has 0 unspecified atom stereocenters. The van der Waals surface area contributed by atoms with Crippen LogP contribution in [0.2, 0.25) is 0 Å². The molecule has 2 heteroatoms. The largest absolute Gasteiger partial charge is 0.313 e. The zero-order valence-corrected chi connectivity index (χ0v) is 9.11. The summed E-state index contributed by atoms with van der Waals surface area (Å²) in [5.41, 5.74) is 3.43. The van der Waals surface area contributed by atoms with E-state index in [1.165, 1.54) is 24.1 Å². The lowest BCUT2D eigenvalue weighted by Crippen LogP contribution is -2.53. The van der Waals surface area contributed by atoms with Gasteiger partial charge in [-0.25, -0.2) is 0 Å². The van der Waals surface area contributed by atoms with Gasteiger partial charge in [0.1, 0.15) is 0 Å². The fraction of sp³-hybridized carbons (Fsp3) is 0.357. The minimum atomic E-state index is 0.675.